The van der Waals surface area contributed by atoms with Crippen LogP contribution >= 0.6 is 0 Å². The Labute approximate surface area is 242 Å². The van der Waals surface area contributed by atoms with Crippen molar-refractivity contribution in [2.45, 2.75) is 72.3 Å². The van der Waals surface area contributed by atoms with Gasteiger partial charge in [-0.25, -0.2) is 9.59 Å². The molecule has 0 bridgehead atoms. The standard InChI is InChI=1S/C31H44N4O6/c1-22(2)26(34-30(38)40-20-24-14-8-5-9-15-24)28(36)32-18-12-7-13-19-33-29(37)27(23(3)4)35-31(39)41-21-25-16-10-6-11-17-25/h5-6,8-11,14-17,22-23,26-27H,7,12-13,18-21H2,1-4H3,(H,32,36)(H,33,37)(H,34,38)(H,35,39)/t26-,27-/m0/s1. The summed E-state index contributed by atoms with van der Waals surface area (Å²) in [4.78, 5) is 49.7. The molecule has 0 saturated heterocycles. The molecular weight excluding hydrogens is 524 g/mol. The molecule has 224 valence electrons. The average molecular weight is 569 g/mol. The Bertz CT molecular complexity index is 993. The highest BCUT2D eigenvalue weighted by Gasteiger charge is 2.25. The van der Waals surface area contributed by atoms with Crippen molar-refractivity contribution in [3.8, 4) is 0 Å². The van der Waals surface area contributed by atoms with Gasteiger partial charge in [-0.1, -0.05) is 88.4 Å². The summed E-state index contributed by atoms with van der Waals surface area (Å²) >= 11 is 0. The van der Waals surface area contributed by atoms with Crippen LogP contribution in [0.3, 0.4) is 0 Å². The average Bonchev–Trinajstić information content (AvgIpc) is 2.96. The zero-order chi connectivity index (χ0) is 30.0. The van der Waals surface area contributed by atoms with Crippen LogP contribution in [0, 0.1) is 11.8 Å². The van der Waals surface area contributed by atoms with E-state index in [4.69, 9.17) is 9.47 Å². The first-order valence-corrected chi connectivity index (χ1v) is 14.2. The number of alkyl carbamates (subject to hydrolysis) is 2. The molecule has 10 heteroatoms. The molecule has 0 unspecified atom stereocenters. The molecule has 2 rings (SSSR count). The fourth-order valence-corrected chi connectivity index (χ4v) is 3.92. The lowest BCUT2D eigenvalue weighted by Gasteiger charge is -2.22. The molecule has 0 aliphatic heterocycles. The van der Waals surface area contributed by atoms with Crippen LogP contribution in [-0.4, -0.2) is 49.2 Å². The predicted octanol–water partition coefficient (Wildman–Crippen LogP) is 4.29. The van der Waals surface area contributed by atoms with Gasteiger partial charge < -0.3 is 30.7 Å². The summed E-state index contributed by atoms with van der Waals surface area (Å²) in [6.45, 7) is 8.56. The molecule has 0 fully saturated rings. The molecule has 0 spiro atoms. The van der Waals surface area contributed by atoms with Gasteiger partial charge >= 0.3 is 12.2 Å². The summed E-state index contributed by atoms with van der Waals surface area (Å²) in [7, 11) is 0. The highest BCUT2D eigenvalue weighted by atomic mass is 16.6. The second-order valence-electron chi connectivity index (χ2n) is 10.5. The first kappa shape index (κ1) is 33.1. The van der Waals surface area contributed by atoms with Gasteiger partial charge in [0.25, 0.3) is 0 Å². The SMILES string of the molecule is CC(C)[C@H](NC(=O)OCc1ccccc1)C(=O)NCCCCCNC(=O)[C@@H](NC(=O)OCc1ccccc1)C(C)C. The zero-order valence-corrected chi connectivity index (χ0v) is 24.5. The molecule has 10 nitrogen and oxygen atoms in total. The molecule has 41 heavy (non-hydrogen) atoms. The molecule has 4 N–H and O–H groups in total. The van der Waals surface area contributed by atoms with Crippen LogP contribution < -0.4 is 21.3 Å². The smallest absolute Gasteiger partial charge is 0.408 e. The molecule has 0 aromatic heterocycles. The van der Waals surface area contributed by atoms with E-state index < -0.39 is 24.3 Å². The third-order valence-corrected chi connectivity index (χ3v) is 6.32. The maximum absolute atomic E-state index is 12.6. The first-order valence-electron chi connectivity index (χ1n) is 14.2. The van der Waals surface area contributed by atoms with Gasteiger partial charge in [-0.2, -0.15) is 0 Å². The van der Waals surface area contributed by atoms with E-state index in [2.05, 4.69) is 21.3 Å². The molecule has 0 aliphatic rings. The Morgan fingerprint density at radius 2 is 0.951 bits per heavy atom. The van der Waals surface area contributed by atoms with Gasteiger partial charge in [0.05, 0.1) is 0 Å². The van der Waals surface area contributed by atoms with E-state index in [1.165, 1.54) is 0 Å². The van der Waals surface area contributed by atoms with Crippen molar-refractivity contribution in [2.75, 3.05) is 13.1 Å². The Balaban J connectivity index is 1.62. The molecule has 0 saturated carbocycles. The molecule has 0 aliphatic carbocycles. The molecule has 0 radical (unpaired) electrons. The third kappa shape index (κ3) is 13.2. The topological polar surface area (TPSA) is 135 Å². The molecular formula is C31H44N4O6. The van der Waals surface area contributed by atoms with E-state index in [0.29, 0.717) is 25.9 Å². The highest BCUT2D eigenvalue weighted by molar-refractivity contribution is 5.86. The number of carbonyl (C=O) groups excluding carboxylic acids is 4. The number of ether oxygens (including phenoxy) is 2. The van der Waals surface area contributed by atoms with Crippen LogP contribution in [0.15, 0.2) is 60.7 Å². The zero-order valence-electron chi connectivity index (χ0n) is 24.5. The third-order valence-electron chi connectivity index (χ3n) is 6.32. The summed E-state index contributed by atoms with van der Waals surface area (Å²) in [5.41, 5.74) is 1.73. The van der Waals surface area contributed by atoms with Crippen LogP contribution in [0.2, 0.25) is 0 Å². The van der Waals surface area contributed by atoms with Crippen LogP contribution in [0.1, 0.15) is 58.1 Å². The molecule has 0 heterocycles. The van der Waals surface area contributed by atoms with Crippen LogP contribution in [0.4, 0.5) is 9.59 Å². The Morgan fingerprint density at radius 3 is 1.29 bits per heavy atom. The van der Waals surface area contributed by atoms with Gasteiger partial charge in [-0.15, -0.1) is 0 Å². The van der Waals surface area contributed by atoms with Crippen molar-refractivity contribution in [3.05, 3.63) is 71.8 Å². The Kier molecular flexibility index (Phi) is 14.8. The number of carbonyl (C=O) groups is 4. The second-order valence-corrected chi connectivity index (χ2v) is 10.5. The lowest BCUT2D eigenvalue weighted by molar-refractivity contribution is -0.124. The maximum Gasteiger partial charge on any atom is 0.408 e. The fourth-order valence-electron chi connectivity index (χ4n) is 3.92. The molecule has 2 aromatic rings. The van der Waals surface area contributed by atoms with Gasteiger partial charge in [0, 0.05) is 13.1 Å². The molecule has 2 atom stereocenters. The van der Waals surface area contributed by atoms with E-state index in [9.17, 15) is 19.2 Å². The van der Waals surface area contributed by atoms with E-state index in [1.807, 2.05) is 88.4 Å². The van der Waals surface area contributed by atoms with Crippen LogP contribution in [0.25, 0.3) is 0 Å². The minimum Gasteiger partial charge on any atom is -0.445 e. The highest BCUT2D eigenvalue weighted by Crippen LogP contribution is 2.07. The van der Waals surface area contributed by atoms with Crippen molar-refractivity contribution in [2.24, 2.45) is 11.8 Å². The van der Waals surface area contributed by atoms with Crippen molar-refractivity contribution >= 4 is 24.0 Å². The lowest BCUT2D eigenvalue weighted by Crippen LogP contribution is -2.50. The molecule has 2 aromatic carbocycles. The number of nitrogens with one attached hydrogen (secondary N) is 4. The van der Waals surface area contributed by atoms with Crippen LogP contribution in [0.5, 0.6) is 0 Å². The minimum atomic E-state index is -0.711. The first-order chi connectivity index (χ1) is 19.7. The summed E-state index contributed by atoms with van der Waals surface area (Å²) in [5, 5.41) is 11.0. The summed E-state index contributed by atoms with van der Waals surface area (Å²) in [6.07, 6.45) is 0.915. The van der Waals surface area contributed by atoms with Gasteiger partial charge in [-0.05, 0) is 42.2 Å². The predicted molar refractivity (Wildman–Crippen MR) is 157 cm³/mol. The monoisotopic (exact) mass is 568 g/mol. The van der Waals surface area contributed by atoms with Gasteiger partial charge in [0.1, 0.15) is 25.3 Å². The summed E-state index contributed by atoms with van der Waals surface area (Å²) < 4.78 is 10.5. The normalized spacial score (nSPS) is 12.2. The maximum atomic E-state index is 12.6. The van der Waals surface area contributed by atoms with Crippen molar-refractivity contribution in [1.82, 2.24) is 21.3 Å². The number of benzene rings is 2. The van der Waals surface area contributed by atoms with E-state index in [0.717, 1.165) is 17.5 Å². The van der Waals surface area contributed by atoms with E-state index >= 15 is 0 Å². The van der Waals surface area contributed by atoms with E-state index in [1.54, 1.807) is 0 Å². The number of unbranched alkanes of at least 4 members (excludes halogenated alkanes) is 2. The number of rotatable bonds is 16. The number of amides is 4. The van der Waals surface area contributed by atoms with Crippen molar-refractivity contribution < 1.29 is 28.7 Å². The van der Waals surface area contributed by atoms with Gasteiger partial charge in [0.2, 0.25) is 11.8 Å². The Hall–Kier alpha value is -4.08. The van der Waals surface area contributed by atoms with Crippen LogP contribution in [-0.2, 0) is 32.3 Å². The second kappa shape index (κ2) is 18.3. The van der Waals surface area contributed by atoms with Gasteiger partial charge in [0.15, 0.2) is 0 Å². The number of hydrogen-bond donors (Lipinski definition) is 4. The number of hydrogen-bond acceptors (Lipinski definition) is 6. The van der Waals surface area contributed by atoms with Gasteiger partial charge in [-0.3, -0.25) is 9.59 Å². The van der Waals surface area contributed by atoms with E-state index in [-0.39, 0.29) is 36.9 Å². The fraction of sp³-hybridized carbons (Fsp3) is 0.484. The summed E-state index contributed by atoms with van der Waals surface area (Å²) in [5.74, 6) is -0.773. The van der Waals surface area contributed by atoms with Crippen molar-refractivity contribution in [3.63, 3.8) is 0 Å². The Morgan fingerprint density at radius 1 is 0.585 bits per heavy atom. The lowest BCUT2D eigenvalue weighted by atomic mass is 10.0. The molecule has 4 amide bonds. The largest absolute Gasteiger partial charge is 0.445 e. The quantitative estimate of drug-likeness (QED) is 0.223. The minimum absolute atomic E-state index is 0.118. The van der Waals surface area contributed by atoms with Crippen molar-refractivity contribution in [1.29, 1.82) is 0 Å². The summed E-state index contributed by atoms with van der Waals surface area (Å²) in [6, 6.07) is 17.2.